The molecule has 1 amide bonds. The summed E-state index contributed by atoms with van der Waals surface area (Å²) in [7, 11) is 0. The molecule has 2 aromatic rings. The van der Waals surface area contributed by atoms with Gasteiger partial charge in [0.25, 0.3) is 5.91 Å². The van der Waals surface area contributed by atoms with Gasteiger partial charge in [-0.05, 0) is 38.2 Å². The van der Waals surface area contributed by atoms with E-state index in [4.69, 9.17) is 0 Å². The Morgan fingerprint density at radius 1 is 1.16 bits per heavy atom. The van der Waals surface area contributed by atoms with Crippen molar-refractivity contribution in [2.45, 2.75) is 39.3 Å². The van der Waals surface area contributed by atoms with Crippen molar-refractivity contribution in [3.05, 3.63) is 51.5 Å². The number of aromatic nitrogens is 1. The molecular formula is C20H25N3OS. The van der Waals surface area contributed by atoms with Gasteiger partial charge in [0, 0.05) is 32.2 Å². The summed E-state index contributed by atoms with van der Waals surface area (Å²) in [6.07, 6.45) is 2.43. The van der Waals surface area contributed by atoms with Gasteiger partial charge in [0.05, 0.1) is 10.7 Å². The maximum atomic E-state index is 13.0. The van der Waals surface area contributed by atoms with E-state index in [-0.39, 0.29) is 5.91 Å². The molecule has 3 aliphatic heterocycles. The number of hydrogen-bond donors (Lipinski definition) is 0. The molecule has 1 aromatic heterocycles. The summed E-state index contributed by atoms with van der Waals surface area (Å²) in [6, 6.07) is 11.2. The van der Waals surface area contributed by atoms with Crippen LogP contribution in [0, 0.1) is 19.8 Å². The molecule has 0 saturated carbocycles. The number of fused-ring (bicyclic) bond motifs is 4. The Morgan fingerprint density at radius 3 is 2.68 bits per heavy atom. The van der Waals surface area contributed by atoms with Crippen molar-refractivity contribution < 1.29 is 4.79 Å². The first-order valence-electron chi connectivity index (χ1n) is 9.11. The fourth-order valence-electron chi connectivity index (χ4n) is 4.23. The largest absolute Gasteiger partial charge is 0.336 e. The number of carbonyl (C=O) groups is 1. The van der Waals surface area contributed by atoms with Crippen LogP contribution in [0.1, 0.15) is 38.8 Å². The molecule has 0 radical (unpaired) electrons. The van der Waals surface area contributed by atoms with E-state index >= 15 is 0 Å². The van der Waals surface area contributed by atoms with Gasteiger partial charge in [-0.3, -0.25) is 9.69 Å². The molecule has 132 valence electrons. The van der Waals surface area contributed by atoms with Crippen LogP contribution in [0.15, 0.2) is 30.3 Å². The maximum Gasteiger partial charge on any atom is 0.265 e. The highest BCUT2D eigenvalue weighted by Gasteiger charge is 2.37. The molecule has 4 nitrogen and oxygen atoms in total. The van der Waals surface area contributed by atoms with Gasteiger partial charge in [-0.1, -0.05) is 30.3 Å². The smallest absolute Gasteiger partial charge is 0.265 e. The van der Waals surface area contributed by atoms with Gasteiger partial charge in [0.15, 0.2) is 0 Å². The summed E-state index contributed by atoms with van der Waals surface area (Å²) in [5.74, 6) is 0.766. The SMILES string of the molecule is Cc1nc(C)c(C(=O)N2C[C@H]3CC[C@@H](C2)N(Cc2ccccc2)C3)s1. The van der Waals surface area contributed by atoms with Crippen molar-refractivity contribution in [2.75, 3.05) is 19.6 Å². The maximum absolute atomic E-state index is 13.0. The highest BCUT2D eigenvalue weighted by molar-refractivity contribution is 7.13. The van der Waals surface area contributed by atoms with E-state index in [2.05, 4.69) is 45.1 Å². The monoisotopic (exact) mass is 355 g/mol. The Balaban J connectivity index is 1.51. The minimum atomic E-state index is 0.182. The molecule has 3 saturated heterocycles. The third-order valence-electron chi connectivity index (χ3n) is 5.44. The van der Waals surface area contributed by atoms with Crippen LogP contribution >= 0.6 is 11.3 Å². The van der Waals surface area contributed by atoms with Crippen LogP contribution in [0.5, 0.6) is 0 Å². The van der Waals surface area contributed by atoms with Gasteiger partial charge in [-0.2, -0.15) is 0 Å². The van der Waals surface area contributed by atoms with Crippen LogP contribution in [-0.4, -0.2) is 46.4 Å². The molecule has 25 heavy (non-hydrogen) atoms. The molecule has 3 aliphatic rings. The van der Waals surface area contributed by atoms with Gasteiger partial charge < -0.3 is 4.90 Å². The van der Waals surface area contributed by atoms with Crippen LogP contribution in [0.2, 0.25) is 0 Å². The summed E-state index contributed by atoms with van der Waals surface area (Å²) in [6.45, 7) is 7.75. The fraction of sp³-hybridized carbons (Fsp3) is 0.500. The predicted octanol–water partition coefficient (Wildman–Crippen LogP) is 3.50. The van der Waals surface area contributed by atoms with Crippen molar-refractivity contribution >= 4 is 17.2 Å². The number of amides is 1. The van der Waals surface area contributed by atoms with Crippen molar-refractivity contribution in [1.29, 1.82) is 0 Å². The summed E-state index contributed by atoms with van der Waals surface area (Å²) >= 11 is 1.53. The number of benzene rings is 1. The minimum Gasteiger partial charge on any atom is -0.336 e. The van der Waals surface area contributed by atoms with Gasteiger partial charge >= 0.3 is 0 Å². The molecule has 0 N–H and O–H groups in total. The van der Waals surface area contributed by atoms with Gasteiger partial charge in [0.2, 0.25) is 0 Å². The Kier molecular flexibility index (Phi) is 4.61. The van der Waals surface area contributed by atoms with Crippen molar-refractivity contribution in [2.24, 2.45) is 5.92 Å². The summed E-state index contributed by atoms with van der Waals surface area (Å²) in [5, 5.41) is 0.976. The minimum absolute atomic E-state index is 0.182. The highest BCUT2D eigenvalue weighted by atomic mass is 32.1. The molecule has 1 aromatic carbocycles. The highest BCUT2D eigenvalue weighted by Crippen LogP contribution is 2.31. The van der Waals surface area contributed by atoms with E-state index in [9.17, 15) is 4.79 Å². The molecule has 5 heteroatoms. The number of nitrogens with zero attached hydrogens (tertiary/aromatic N) is 3. The topological polar surface area (TPSA) is 36.4 Å². The van der Waals surface area contributed by atoms with Gasteiger partial charge in [0.1, 0.15) is 4.88 Å². The second-order valence-corrected chi connectivity index (χ2v) is 8.57. The molecule has 2 bridgehead atoms. The normalized spacial score (nSPS) is 23.7. The van der Waals surface area contributed by atoms with Crippen LogP contribution in [0.3, 0.4) is 0 Å². The van der Waals surface area contributed by atoms with E-state index in [1.54, 1.807) is 0 Å². The van der Waals surface area contributed by atoms with Crippen molar-refractivity contribution in [1.82, 2.24) is 14.8 Å². The third kappa shape index (κ3) is 3.48. The zero-order valence-electron chi connectivity index (χ0n) is 14.9. The van der Waals surface area contributed by atoms with E-state index < -0.39 is 0 Å². The Morgan fingerprint density at radius 2 is 1.96 bits per heavy atom. The molecular weight excluding hydrogens is 330 g/mol. The Hall–Kier alpha value is -1.72. The zero-order valence-corrected chi connectivity index (χ0v) is 15.8. The van der Waals surface area contributed by atoms with Crippen molar-refractivity contribution in [3.8, 4) is 0 Å². The lowest BCUT2D eigenvalue weighted by Crippen LogP contribution is -2.43. The number of carbonyl (C=O) groups excluding carboxylic acids is 1. The van der Waals surface area contributed by atoms with E-state index in [0.717, 1.165) is 41.8 Å². The fourth-order valence-corrected chi connectivity index (χ4v) is 5.12. The van der Waals surface area contributed by atoms with E-state index in [0.29, 0.717) is 12.0 Å². The van der Waals surface area contributed by atoms with E-state index in [1.807, 2.05) is 13.8 Å². The van der Waals surface area contributed by atoms with Crippen LogP contribution in [-0.2, 0) is 6.54 Å². The number of rotatable bonds is 3. The lowest BCUT2D eigenvalue weighted by atomic mass is 9.94. The second-order valence-electron chi connectivity index (χ2n) is 7.37. The molecule has 0 spiro atoms. The molecule has 0 aliphatic carbocycles. The van der Waals surface area contributed by atoms with Crippen LogP contribution in [0.25, 0.3) is 0 Å². The summed E-state index contributed by atoms with van der Waals surface area (Å²) in [5.41, 5.74) is 2.24. The first-order valence-corrected chi connectivity index (χ1v) is 9.93. The standard InChI is InChI=1S/C20H25N3OS/c1-14-19(25-15(2)21-14)20(24)23-12-17-8-9-18(13-23)22(11-17)10-16-6-4-3-5-7-16/h3-7,17-18H,8-13H2,1-2H3/t17-,18-/m0/s1. The summed E-state index contributed by atoms with van der Waals surface area (Å²) < 4.78 is 0. The van der Waals surface area contributed by atoms with Gasteiger partial charge in [-0.15, -0.1) is 11.3 Å². The third-order valence-corrected chi connectivity index (χ3v) is 6.50. The molecule has 5 rings (SSSR count). The van der Waals surface area contributed by atoms with Crippen LogP contribution < -0.4 is 0 Å². The van der Waals surface area contributed by atoms with Gasteiger partial charge in [-0.25, -0.2) is 4.98 Å². The summed E-state index contributed by atoms with van der Waals surface area (Å²) in [4.78, 5) is 23.0. The average Bonchev–Trinajstić information content (AvgIpc) is 2.78. The Bertz CT molecular complexity index is 758. The first-order chi connectivity index (χ1) is 12.1. The van der Waals surface area contributed by atoms with E-state index in [1.165, 1.54) is 29.7 Å². The molecule has 4 heterocycles. The molecule has 3 fully saturated rings. The quantitative estimate of drug-likeness (QED) is 0.845. The number of piperidine rings is 1. The first kappa shape index (κ1) is 16.7. The molecule has 0 unspecified atom stereocenters. The zero-order chi connectivity index (χ0) is 17.4. The Labute approximate surface area is 153 Å². The number of thiazole rings is 1. The lowest BCUT2D eigenvalue weighted by Gasteiger charge is -2.36. The lowest BCUT2D eigenvalue weighted by molar-refractivity contribution is 0.0740. The second kappa shape index (κ2) is 6.89. The average molecular weight is 356 g/mol. The number of hydrogen-bond acceptors (Lipinski definition) is 4. The predicted molar refractivity (Wildman–Crippen MR) is 101 cm³/mol. The van der Waals surface area contributed by atoms with Crippen molar-refractivity contribution in [3.63, 3.8) is 0 Å². The van der Waals surface area contributed by atoms with Crippen LogP contribution in [0.4, 0.5) is 0 Å². The number of aryl methyl sites for hydroxylation is 2. The molecule has 2 atom stereocenters.